The molecule has 0 amide bonds. The zero-order chi connectivity index (χ0) is 21.7. The van der Waals surface area contributed by atoms with Gasteiger partial charge in [-0.05, 0) is 55.7 Å². The van der Waals surface area contributed by atoms with E-state index in [2.05, 4.69) is 44.9 Å². The Balaban J connectivity index is 1.34. The minimum Gasteiger partial charge on any atom is -0.378 e. The maximum atomic E-state index is 11.9. The predicted octanol–water partition coefficient (Wildman–Crippen LogP) is 3.57. The maximum absolute atomic E-state index is 11.9. The number of sulfonamides is 1. The van der Waals surface area contributed by atoms with Crippen molar-refractivity contribution < 1.29 is 13.2 Å². The van der Waals surface area contributed by atoms with Crippen molar-refractivity contribution in [3.05, 3.63) is 60.3 Å². The van der Waals surface area contributed by atoms with Gasteiger partial charge in [-0.1, -0.05) is 36.4 Å². The van der Waals surface area contributed by atoms with E-state index in [9.17, 15) is 8.42 Å². The average Bonchev–Trinajstić information content (AvgIpc) is 2.79. The first-order valence-corrected chi connectivity index (χ1v) is 13.2. The highest BCUT2D eigenvalue weighted by Crippen LogP contribution is 2.34. The summed E-state index contributed by atoms with van der Waals surface area (Å²) in [4.78, 5) is 6.71. The van der Waals surface area contributed by atoms with Crippen LogP contribution in [0.3, 0.4) is 0 Å². The zero-order valence-electron chi connectivity index (χ0n) is 18.2. The summed E-state index contributed by atoms with van der Waals surface area (Å²) in [5.41, 5.74) is 1.43. The molecule has 0 bridgehead atoms. The molecule has 2 aromatic rings. The van der Waals surface area contributed by atoms with Crippen molar-refractivity contribution >= 4 is 15.8 Å². The van der Waals surface area contributed by atoms with Crippen molar-refractivity contribution in [3.8, 4) is 0 Å². The van der Waals surface area contributed by atoms with Crippen LogP contribution in [0.1, 0.15) is 43.6 Å². The lowest BCUT2D eigenvalue weighted by atomic mass is 9.82. The lowest BCUT2D eigenvalue weighted by molar-refractivity contribution is -0.00213. The van der Waals surface area contributed by atoms with E-state index in [1.165, 1.54) is 11.8 Å². The van der Waals surface area contributed by atoms with Crippen LogP contribution in [0.4, 0.5) is 5.82 Å². The Bertz CT molecular complexity index is 916. The molecule has 2 atom stereocenters. The fourth-order valence-electron chi connectivity index (χ4n) is 4.93. The highest BCUT2D eigenvalue weighted by Gasteiger charge is 2.33. The zero-order valence-corrected chi connectivity index (χ0v) is 19.0. The summed E-state index contributed by atoms with van der Waals surface area (Å²) < 4.78 is 33.0. The lowest BCUT2D eigenvalue weighted by Gasteiger charge is -2.40. The van der Waals surface area contributed by atoms with Crippen LogP contribution in [0.15, 0.2) is 54.7 Å². The van der Waals surface area contributed by atoms with Gasteiger partial charge in [0.1, 0.15) is 5.82 Å². The van der Waals surface area contributed by atoms with Crippen LogP contribution < -0.4 is 9.62 Å². The monoisotopic (exact) mass is 443 g/mol. The van der Waals surface area contributed by atoms with Crippen molar-refractivity contribution in [2.45, 2.75) is 50.2 Å². The van der Waals surface area contributed by atoms with Gasteiger partial charge >= 0.3 is 0 Å². The summed E-state index contributed by atoms with van der Waals surface area (Å²) in [7, 11) is -3.26. The van der Waals surface area contributed by atoms with Gasteiger partial charge in [-0.15, -0.1) is 0 Å². The number of hydrogen-bond donors (Lipinski definition) is 1. The smallest absolute Gasteiger partial charge is 0.208 e. The SMILES string of the molecule is CS(=O)(=O)NC1CCN(c2ccccn2)C[C@H]1CO[C@H]1CC[C@@H](c2ccccc2)CC1. The number of nitrogens with zero attached hydrogens (tertiary/aromatic N) is 2. The Morgan fingerprint density at radius 2 is 1.77 bits per heavy atom. The van der Waals surface area contributed by atoms with E-state index in [4.69, 9.17) is 4.74 Å². The molecule has 7 heteroatoms. The normalized spacial score (nSPS) is 27.2. The van der Waals surface area contributed by atoms with Gasteiger partial charge in [0, 0.05) is 31.2 Å². The summed E-state index contributed by atoms with van der Waals surface area (Å²) in [6, 6.07) is 16.5. The molecule has 2 aliphatic rings. The molecule has 1 saturated heterocycles. The van der Waals surface area contributed by atoms with Gasteiger partial charge in [-0.3, -0.25) is 0 Å². The van der Waals surface area contributed by atoms with Gasteiger partial charge in [0.25, 0.3) is 0 Å². The van der Waals surface area contributed by atoms with Crippen LogP contribution in [0.25, 0.3) is 0 Å². The third-order valence-electron chi connectivity index (χ3n) is 6.56. The first-order chi connectivity index (χ1) is 15.0. The molecule has 1 aliphatic heterocycles. The quantitative estimate of drug-likeness (QED) is 0.708. The minimum atomic E-state index is -3.26. The standard InChI is InChI=1S/C24H33N3O3S/c1-31(28,29)26-23-14-16-27(24-9-5-6-15-25-24)17-21(23)18-30-22-12-10-20(11-13-22)19-7-3-2-4-8-19/h2-9,15,20-23,26H,10-14,16-18H2,1H3/t20-,21-,22+,23?/m0/s1. The molecule has 168 valence electrons. The third kappa shape index (κ3) is 6.28. The summed E-state index contributed by atoms with van der Waals surface area (Å²) in [6.07, 6.45) is 8.44. The molecule has 4 rings (SSSR count). The number of anilines is 1. The van der Waals surface area contributed by atoms with Gasteiger partial charge in [0.2, 0.25) is 10.0 Å². The van der Waals surface area contributed by atoms with E-state index >= 15 is 0 Å². The first kappa shape index (κ1) is 22.2. The highest BCUT2D eigenvalue weighted by atomic mass is 32.2. The number of rotatable bonds is 7. The first-order valence-electron chi connectivity index (χ1n) is 11.3. The Kier molecular flexibility index (Phi) is 7.25. The average molecular weight is 444 g/mol. The topological polar surface area (TPSA) is 71.5 Å². The Morgan fingerprint density at radius 3 is 2.45 bits per heavy atom. The molecule has 1 N–H and O–H groups in total. The molecule has 6 nitrogen and oxygen atoms in total. The molecule has 1 saturated carbocycles. The molecule has 31 heavy (non-hydrogen) atoms. The van der Waals surface area contributed by atoms with Crippen LogP contribution in [0.5, 0.6) is 0 Å². The second kappa shape index (κ2) is 10.1. The third-order valence-corrected chi connectivity index (χ3v) is 7.29. The van der Waals surface area contributed by atoms with Crippen LogP contribution in [-0.2, 0) is 14.8 Å². The largest absolute Gasteiger partial charge is 0.378 e. The molecule has 0 radical (unpaired) electrons. The van der Waals surface area contributed by atoms with E-state index < -0.39 is 10.0 Å². The molecule has 1 aromatic heterocycles. The van der Waals surface area contributed by atoms with E-state index in [-0.39, 0.29) is 18.1 Å². The summed E-state index contributed by atoms with van der Waals surface area (Å²) in [5.74, 6) is 1.65. The Hall–Kier alpha value is -1.96. The number of ether oxygens (including phenoxy) is 1. The van der Waals surface area contributed by atoms with Crippen molar-refractivity contribution in [1.82, 2.24) is 9.71 Å². The van der Waals surface area contributed by atoms with Crippen LogP contribution in [0.2, 0.25) is 0 Å². The van der Waals surface area contributed by atoms with E-state index in [0.29, 0.717) is 12.5 Å². The molecule has 0 spiro atoms. The van der Waals surface area contributed by atoms with Crippen molar-refractivity contribution in [2.24, 2.45) is 5.92 Å². The fraction of sp³-hybridized carbons (Fsp3) is 0.542. The van der Waals surface area contributed by atoms with E-state index in [0.717, 1.165) is 51.0 Å². The number of aromatic nitrogens is 1. The predicted molar refractivity (Wildman–Crippen MR) is 124 cm³/mol. The van der Waals surface area contributed by atoms with Crippen molar-refractivity contribution in [3.63, 3.8) is 0 Å². The van der Waals surface area contributed by atoms with Gasteiger partial charge in [-0.25, -0.2) is 18.1 Å². The number of hydrogen-bond acceptors (Lipinski definition) is 5. The Morgan fingerprint density at radius 1 is 1.03 bits per heavy atom. The van der Waals surface area contributed by atoms with Gasteiger partial charge in [-0.2, -0.15) is 0 Å². The van der Waals surface area contributed by atoms with Crippen molar-refractivity contribution in [1.29, 1.82) is 0 Å². The van der Waals surface area contributed by atoms with Crippen molar-refractivity contribution in [2.75, 3.05) is 30.9 Å². The van der Waals surface area contributed by atoms with E-state index in [1.54, 1.807) is 6.20 Å². The van der Waals surface area contributed by atoms with Gasteiger partial charge in [0.05, 0.1) is 19.0 Å². The second-order valence-corrected chi connectivity index (χ2v) is 10.7. The summed E-state index contributed by atoms with van der Waals surface area (Å²) >= 11 is 0. The minimum absolute atomic E-state index is 0.0947. The lowest BCUT2D eigenvalue weighted by Crippen LogP contribution is -2.52. The molecule has 2 heterocycles. The summed E-state index contributed by atoms with van der Waals surface area (Å²) in [5, 5.41) is 0. The van der Waals surface area contributed by atoms with Crippen LogP contribution >= 0.6 is 0 Å². The number of pyridine rings is 1. The number of benzene rings is 1. The molecular weight excluding hydrogens is 410 g/mol. The highest BCUT2D eigenvalue weighted by molar-refractivity contribution is 7.88. The molecular formula is C24H33N3O3S. The van der Waals surface area contributed by atoms with E-state index in [1.807, 2.05) is 18.2 Å². The van der Waals surface area contributed by atoms with Crippen LogP contribution in [-0.4, -0.2) is 51.5 Å². The Labute approximate surface area is 186 Å². The van der Waals surface area contributed by atoms with Crippen LogP contribution in [0, 0.1) is 5.92 Å². The van der Waals surface area contributed by atoms with Gasteiger partial charge < -0.3 is 9.64 Å². The molecule has 2 fully saturated rings. The maximum Gasteiger partial charge on any atom is 0.208 e. The fourth-order valence-corrected chi connectivity index (χ4v) is 5.79. The van der Waals surface area contributed by atoms with Gasteiger partial charge in [0.15, 0.2) is 0 Å². The second-order valence-electron chi connectivity index (χ2n) is 8.90. The molecule has 1 aromatic carbocycles. The number of nitrogens with one attached hydrogen (secondary N) is 1. The molecule has 1 aliphatic carbocycles. The summed E-state index contributed by atoms with van der Waals surface area (Å²) in [6.45, 7) is 2.09. The number of piperidine rings is 1. The molecule has 1 unspecified atom stereocenters.